The lowest BCUT2D eigenvalue weighted by Crippen LogP contribution is -2.40. The van der Waals surface area contributed by atoms with Gasteiger partial charge in [-0.25, -0.2) is 0 Å². The van der Waals surface area contributed by atoms with E-state index in [4.69, 9.17) is 28.7 Å². The van der Waals surface area contributed by atoms with E-state index in [9.17, 15) is 0 Å². The van der Waals surface area contributed by atoms with Gasteiger partial charge in [-0.15, -0.1) is 0 Å². The summed E-state index contributed by atoms with van der Waals surface area (Å²) in [6.45, 7) is 7.54. The lowest BCUT2D eigenvalue weighted by atomic mass is 10.1. The average Bonchev–Trinajstić information content (AvgIpc) is 3.24. The summed E-state index contributed by atoms with van der Waals surface area (Å²) in [6.07, 6.45) is 1.82. The molecule has 30 heavy (non-hydrogen) atoms. The molecule has 8 heteroatoms. The van der Waals surface area contributed by atoms with Crippen molar-refractivity contribution in [3.8, 4) is 17.2 Å². The number of aliphatic imine (C=N–C) groups is 1. The summed E-state index contributed by atoms with van der Waals surface area (Å²) in [5, 5.41) is 3.42. The number of nitrogens with zero attached hydrogens (tertiary/aromatic N) is 2. The van der Waals surface area contributed by atoms with E-state index in [0.717, 1.165) is 55.7 Å². The maximum atomic E-state index is 5.70. The van der Waals surface area contributed by atoms with Crippen LogP contribution in [-0.2, 0) is 15.9 Å². The molecule has 0 aliphatic carbocycles. The third kappa shape index (κ3) is 6.95. The van der Waals surface area contributed by atoms with Gasteiger partial charge in [0.2, 0.25) is 0 Å². The molecule has 1 saturated heterocycles. The molecular weight excluding hydrogens is 386 g/mol. The first kappa shape index (κ1) is 24.1. The van der Waals surface area contributed by atoms with Crippen molar-refractivity contribution in [1.29, 1.82) is 0 Å². The molecule has 1 heterocycles. The van der Waals surface area contributed by atoms with Gasteiger partial charge in [0.15, 0.2) is 5.96 Å². The Labute approximate surface area is 180 Å². The molecule has 0 bridgehead atoms. The molecule has 0 saturated carbocycles. The summed E-state index contributed by atoms with van der Waals surface area (Å²) in [6, 6.07) is 3.75. The van der Waals surface area contributed by atoms with Crippen LogP contribution < -0.4 is 19.5 Å². The van der Waals surface area contributed by atoms with E-state index in [1.54, 1.807) is 28.4 Å². The minimum Gasteiger partial charge on any atom is -0.496 e. The molecule has 170 valence electrons. The lowest BCUT2D eigenvalue weighted by molar-refractivity contribution is 0.0536. The standard InChI is InChI=1S/C22H37N3O5/c1-6-23-22(25-10-8-17(15-25)16-30-12-11-26-2)24-9-7-19-20(28-4)13-18(27-3)14-21(19)29-5/h13-14,17H,6-12,15-16H2,1-5H3,(H,23,24). The van der Waals surface area contributed by atoms with Gasteiger partial charge in [0.25, 0.3) is 0 Å². The Bertz CT molecular complexity index is 643. The Kier molecular flexibility index (Phi) is 10.6. The summed E-state index contributed by atoms with van der Waals surface area (Å²) in [5.41, 5.74) is 0.992. The van der Waals surface area contributed by atoms with Crippen LogP contribution in [0.15, 0.2) is 17.1 Å². The van der Waals surface area contributed by atoms with E-state index in [1.165, 1.54) is 0 Å². The van der Waals surface area contributed by atoms with E-state index in [2.05, 4.69) is 17.1 Å². The fourth-order valence-corrected chi connectivity index (χ4v) is 3.58. The zero-order valence-corrected chi connectivity index (χ0v) is 19.0. The smallest absolute Gasteiger partial charge is 0.193 e. The van der Waals surface area contributed by atoms with Gasteiger partial charge in [-0.1, -0.05) is 0 Å². The van der Waals surface area contributed by atoms with E-state index < -0.39 is 0 Å². The number of hydrogen-bond acceptors (Lipinski definition) is 6. The molecule has 1 fully saturated rings. The number of guanidine groups is 1. The van der Waals surface area contributed by atoms with Gasteiger partial charge in [0.1, 0.15) is 17.2 Å². The zero-order chi connectivity index (χ0) is 21.8. The Hall–Kier alpha value is -2.19. The minimum absolute atomic E-state index is 0.521. The van der Waals surface area contributed by atoms with Crippen molar-refractivity contribution in [3.63, 3.8) is 0 Å². The highest BCUT2D eigenvalue weighted by Gasteiger charge is 2.25. The Balaban J connectivity index is 1.99. The maximum absolute atomic E-state index is 5.70. The third-order valence-corrected chi connectivity index (χ3v) is 5.15. The van der Waals surface area contributed by atoms with Crippen molar-refractivity contribution in [1.82, 2.24) is 10.2 Å². The average molecular weight is 424 g/mol. The first-order chi connectivity index (χ1) is 14.7. The van der Waals surface area contributed by atoms with Gasteiger partial charge in [-0.05, 0) is 19.8 Å². The summed E-state index contributed by atoms with van der Waals surface area (Å²) in [4.78, 5) is 7.17. The molecule has 0 radical (unpaired) electrons. The van der Waals surface area contributed by atoms with Crippen LogP contribution in [0.1, 0.15) is 18.9 Å². The molecule has 0 amide bonds. The molecule has 0 aromatic heterocycles. The summed E-state index contributed by atoms with van der Waals surface area (Å²) in [7, 11) is 6.64. The number of hydrogen-bond donors (Lipinski definition) is 1. The van der Waals surface area contributed by atoms with Crippen molar-refractivity contribution in [2.75, 3.05) is 74.4 Å². The van der Waals surface area contributed by atoms with Crippen LogP contribution in [0.5, 0.6) is 17.2 Å². The molecular formula is C22H37N3O5. The highest BCUT2D eigenvalue weighted by atomic mass is 16.5. The Morgan fingerprint density at radius 1 is 1.10 bits per heavy atom. The number of methoxy groups -OCH3 is 4. The van der Waals surface area contributed by atoms with E-state index in [1.807, 2.05) is 12.1 Å². The fourth-order valence-electron chi connectivity index (χ4n) is 3.58. The highest BCUT2D eigenvalue weighted by molar-refractivity contribution is 5.80. The van der Waals surface area contributed by atoms with Crippen LogP contribution >= 0.6 is 0 Å². The van der Waals surface area contributed by atoms with Gasteiger partial charge in [-0.2, -0.15) is 0 Å². The van der Waals surface area contributed by atoms with Crippen LogP contribution in [0.25, 0.3) is 0 Å². The van der Waals surface area contributed by atoms with Crippen molar-refractivity contribution in [2.45, 2.75) is 19.8 Å². The summed E-state index contributed by atoms with van der Waals surface area (Å²) in [5.74, 6) is 3.68. The van der Waals surface area contributed by atoms with Crippen molar-refractivity contribution < 1.29 is 23.7 Å². The number of rotatable bonds is 12. The van der Waals surface area contributed by atoms with Gasteiger partial charge in [0.05, 0.1) is 41.2 Å². The van der Waals surface area contributed by atoms with Crippen molar-refractivity contribution >= 4 is 5.96 Å². The lowest BCUT2D eigenvalue weighted by Gasteiger charge is -2.22. The van der Waals surface area contributed by atoms with Crippen molar-refractivity contribution in [3.05, 3.63) is 17.7 Å². The predicted molar refractivity (Wildman–Crippen MR) is 118 cm³/mol. The van der Waals surface area contributed by atoms with E-state index in [-0.39, 0.29) is 0 Å². The zero-order valence-electron chi connectivity index (χ0n) is 19.0. The molecule has 0 spiro atoms. The third-order valence-electron chi connectivity index (χ3n) is 5.15. The number of ether oxygens (including phenoxy) is 5. The van der Waals surface area contributed by atoms with Crippen LogP contribution in [-0.4, -0.2) is 85.3 Å². The molecule has 1 aromatic rings. The first-order valence-electron chi connectivity index (χ1n) is 10.6. The molecule has 8 nitrogen and oxygen atoms in total. The molecule has 1 atom stereocenters. The quantitative estimate of drug-likeness (QED) is 0.314. The second-order valence-corrected chi connectivity index (χ2v) is 7.16. The normalized spacial score (nSPS) is 16.6. The number of likely N-dealkylation sites (tertiary alicyclic amines) is 1. The second kappa shape index (κ2) is 13.2. The van der Waals surface area contributed by atoms with Gasteiger partial charge in [-0.3, -0.25) is 4.99 Å². The molecule has 1 N–H and O–H groups in total. The first-order valence-corrected chi connectivity index (χ1v) is 10.6. The van der Waals surface area contributed by atoms with E-state index >= 15 is 0 Å². The molecule has 2 rings (SSSR count). The van der Waals surface area contributed by atoms with E-state index in [0.29, 0.717) is 37.8 Å². The van der Waals surface area contributed by atoms with Crippen LogP contribution in [0.4, 0.5) is 0 Å². The molecule has 1 aromatic carbocycles. The van der Waals surface area contributed by atoms with Crippen LogP contribution in [0, 0.1) is 5.92 Å². The largest absolute Gasteiger partial charge is 0.496 e. The monoisotopic (exact) mass is 423 g/mol. The fraction of sp³-hybridized carbons (Fsp3) is 0.682. The molecule has 1 aliphatic rings. The Morgan fingerprint density at radius 3 is 2.43 bits per heavy atom. The van der Waals surface area contributed by atoms with Crippen LogP contribution in [0.3, 0.4) is 0 Å². The number of nitrogens with one attached hydrogen (secondary N) is 1. The Morgan fingerprint density at radius 2 is 1.83 bits per heavy atom. The number of benzene rings is 1. The van der Waals surface area contributed by atoms with Crippen LogP contribution in [0.2, 0.25) is 0 Å². The molecule has 1 unspecified atom stereocenters. The predicted octanol–water partition coefficient (Wildman–Crippen LogP) is 2.21. The second-order valence-electron chi connectivity index (χ2n) is 7.16. The van der Waals surface area contributed by atoms with Gasteiger partial charge >= 0.3 is 0 Å². The summed E-state index contributed by atoms with van der Waals surface area (Å²) < 4.78 is 27.2. The maximum Gasteiger partial charge on any atom is 0.193 e. The van der Waals surface area contributed by atoms with Crippen molar-refractivity contribution in [2.24, 2.45) is 10.9 Å². The topological polar surface area (TPSA) is 73.8 Å². The van der Waals surface area contributed by atoms with Gasteiger partial charge < -0.3 is 33.9 Å². The summed E-state index contributed by atoms with van der Waals surface area (Å²) >= 11 is 0. The molecule has 1 aliphatic heterocycles. The minimum atomic E-state index is 0.521. The highest BCUT2D eigenvalue weighted by Crippen LogP contribution is 2.34. The van der Waals surface area contributed by atoms with Gasteiger partial charge in [0, 0.05) is 56.9 Å². The SMILES string of the molecule is CCNC(=NCCc1c(OC)cc(OC)cc1OC)N1CCC(COCCOC)C1.